The van der Waals surface area contributed by atoms with Gasteiger partial charge in [0, 0.05) is 0 Å². The summed E-state index contributed by atoms with van der Waals surface area (Å²) >= 11 is 3.37. The van der Waals surface area contributed by atoms with Gasteiger partial charge in [-0.25, -0.2) is 4.79 Å². The summed E-state index contributed by atoms with van der Waals surface area (Å²) in [6, 6.07) is 11.4. The molecule has 1 amide bonds. The zero-order chi connectivity index (χ0) is 27.7. The Kier molecular flexibility index (Phi) is 9.79. The molecular weight excluding hydrogens is 560 g/mol. The van der Waals surface area contributed by atoms with Gasteiger partial charge in [0.1, 0.15) is 17.4 Å². The highest BCUT2D eigenvalue weighted by molar-refractivity contribution is 9.10. The number of hydrogen-bond acceptors (Lipinski definition) is 9. The van der Waals surface area contributed by atoms with Crippen LogP contribution in [0.1, 0.15) is 28.6 Å². The van der Waals surface area contributed by atoms with Crippen molar-refractivity contribution in [3.05, 3.63) is 69.6 Å². The van der Waals surface area contributed by atoms with Crippen molar-refractivity contribution in [3.8, 4) is 34.8 Å². The molecule has 38 heavy (non-hydrogen) atoms. The Morgan fingerprint density at radius 1 is 1.05 bits per heavy atom. The largest absolute Gasteiger partial charge is 0.493 e. The highest BCUT2D eigenvalue weighted by Gasteiger charge is 2.25. The van der Waals surface area contributed by atoms with Gasteiger partial charge < -0.3 is 33.4 Å². The predicted octanol–water partition coefficient (Wildman–Crippen LogP) is 4.91. The number of hydrogen-bond donors (Lipinski definition) is 1. The standard InChI is InChI=1S/C27H25BrN2O8/c1-5-36-21-12-16(11-17(14-29)26(31)30-15-18-7-6-10-37-18)8-9-20(21)38-27(32)19-13-22(33-2)24(34-3)25(35-4)23(19)28/h6-13H,5,15H2,1-4H3,(H,30,31)/b17-11+. The molecule has 0 atom stereocenters. The zero-order valence-corrected chi connectivity index (χ0v) is 22.7. The van der Waals surface area contributed by atoms with E-state index >= 15 is 0 Å². The van der Waals surface area contributed by atoms with Gasteiger partial charge in [0.15, 0.2) is 23.0 Å². The third-order valence-corrected chi connectivity index (χ3v) is 5.93. The van der Waals surface area contributed by atoms with Crippen LogP contribution in [0.15, 0.2) is 57.1 Å². The summed E-state index contributed by atoms with van der Waals surface area (Å²) in [5.74, 6) is 0.505. The number of rotatable bonds is 11. The normalized spacial score (nSPS) is 10.8. The van der Waals surface area contributed by atoms with Crippen LogP contribution >= 0.6 is 15.9 Å². The Morgan fingerprint density at radius 2 is 1.82 bits per heavy atom. The fraction of sp³-hybridized carbons (Fsp3) is 0.222. The van der Waals surface area contributed by atoms with E-state index in [0.717, 1.165) is 0 Å². The second-order valence-corrected chi connectivity index (χ2v) is 8.26. The van der Waals surface area contributed by atoms with Crippen LogP contribution in [0.2, 0.25) is 0 Å². The second-order valence-electron chi connectivity index (χ2n) is 7.47. The number of methoxy groups -OCH3 is 3. The molecule has 2 aromatic carbocycles. The third kappa shape index (κ3) is 6.46. The van der Waals surface area contributed by atoms with Crippen LogP contribution in [0, 0.1) is 11.3 Å². The van der Waals surface area contributed by atoms with Crippen LogP contribution in [0.25, 0.3) is 6.08 Å². The van der Waals surface area contributed by atoms with Gasteiger partial charge in [0.05, 0.1) is 50.8 Å². The average Bonchev–Trinajstić information content (AvgIpc) is 3.45. The van der Waals surface area contributed by atoms with Gasteiger partial charge in [-0.15, -0.1) is 0 Å². The van der Waals surface area contributed by atoms with Gasteiger partial charge in [-0.2, -0.15) is 5.26 Å². The highest BCUT2D eigenvalue weighted by atomic mass is 79.9. The van der Waals surface area contributed by atoms with E-state index < -0.39 is 11.9 Å². The lowest BCUT2D eigenvalue weighted by molar-refractivity contribution is -0.117. The molecule has 198 valence electrons. The first-order valence-electron chi connectivity index (χ1n) is 11.3. The van der Waals surface area contributed by atoms with E-state index in [1.807, 2.05) is 6.07 Å². The lowest BCUT2D eigenvalue weighted by Crippen LogP contribution is -2.23. The van der Waals surface area contributed by atoms with Crippen molar-refractivity contribution < 1.29 is 37.7 Å². The number of carbonyl (C=O) groups excluding carboxylic acids is 2. The Morgan fingerprint density at radius 3 is 2.42 bits per heavy atom. The van der Waals surface area contributed by atoms with Crippen molar-refractivity contribution in [3.63, 3.8) is 0 Å². The van der Waals surface area contributed by atoms with E-state index in [0.29, 0.717) is 21.5 Å². The number of nitrogens with zero attached hydrogens (tertiary/aromatic N) is 1. The second kappa shape index (κ2) is 13.2. The fourth-order valence-corrected chi connectivity index (χ4v) is 4.00. The van der Waals surface area contributed by atoms with Crippen molar-refractivity contribution >= 4 is 33.9 Å². The summed E-state index contributed by atoms with van der Waals surface area (Å²) in [5.41, 5.74) is 0.503. The molecule has 10 nitrogen and oxygen atoms in total. The van der Waals surface area contributed by atoms with E-state index in [2.05, 4.69) is 21.2 Å². The van der Waals surface area contributed by atoms with Crippen LogP contribution in [0.5, 0.6) is 28.7 Å². The monoisotopic (exact) mass is 584 g/mol. The Labute approximate surface area is 227 Å². The molecule has 0 saturated carbocycles. The van der Waals surface area contributed by atoms with Gasteiger partial charge in [0.2, 0.25) is 5.75 Å². The number of esters is 1. The highest BCUT2D eigenvalue weighted by Crippen LogP contribution is 2.45. The van der Waals surface area contributed by atoms with Crippen molar-refractivity contribution in [2.45, 2.75) is 13.5 Å². The fourth-order valence-electron chi connectivity index (χ4n) is 3.38. The summed E-state index contributed by atoms with van der Waals surface area (Å²) < 4.78 is 32.8. The van der Waals surface area contributed by atoms with E-state index in [-0.39, 0.29) is 47.3 Å². The van der Waals surface area contributed by atoms with E-state index in [1.165, 1.54) is 45.8 Å². The lowest BCUT2D eigenvalue weighted by Gasteiger charge is -2.17. The lowest BCUT2D eigenvalue weighted by atomic mass is 10.1. The molecular formula is C27H25BrN2O8. The van der Waals surface area contributed by atoms with Crippen LogP contribution in [0.4, 0.5) is 0 Å². The smallest absolute Gasteiger partial charge is 0.345 e. The molecule has 0 aliphatic heterocycles. The third-order valence-electron chi connectivity index (χ3n) is 5.14. The first-order chi connectivity index (χ1) is 18.4. The molecule has 0 radical (unpaired) electrons. The number of furan rings is 1. The van der Waals surface area contributed by atoms with Gasteiger partial charge in [-0.1, -0.05) is 6.07 Å². The molecule has 3 aromatic rings. The molecule has 1 N–H and O–H groups in total. The Bertz CT molecular complexity index is 1380. The number of benzene rings is 2. The molecule has 1 aromatic heterocycles. The van der Waals surface area contributed by atoms with Crippen LogP contribution in [-0.4, -0.2) is 39.8 Å². The van der Waals surface area contributed by atoms with Crippen LogP contribution in [-0.2, 0) is 11.3 Å². The van der Waals surface area contributed by atoms with Crippen molar-refractivity contribution in [2.24, 2.45) is 0 Å². The average molecular weight is 585 g/mol. The summed E-state index contributed by atoms with van der Waals surface area (Å²) in [7, 11) is 4.32. The van der Waals surface area contributed by atoms with Crippen molar-refractivity contribution in [1.82, 2.24) is 5.32 Å². The Balaban J connectivity index is 1.87. The number of nitriles is 1. The van der Waals surface area contributed by atoms with Crippen molar-refractivity contribution in [1.29, 1.82) is 5.26 Å². The first kappa shape index (κ1) is 28.1. The maximum Gasteiger partial charge on any atom is 0.345 e. The van der Waals surface area contributed by atoms with Crippen molar-refractivity contribution in [2.75, 3.05) is 27.9 Å². The molecule has 11 heteroatoms. The van der Waals surface area contributed by atoms with E-state index in [9.17, 15) is 14.9 Å². The maximum atomic E-state index is 13.1. The summed E-state index contributed by atoms with van der Waals surface area (Å²) in [5, 5.41) is 12.1. The van der Waals surface area contributed by atoms with Gasteiger partial charge in [-0.05, 0) is 64.8 Å². The summed E-state index contributed by atoms with van der Waals surface area (Å²) in [6.07, 6.45) is 2.90. The number of nitrogens with one attached hydrogen (secondary N) is 1. The Hall–Kier alpha value is -4.43. The first-order valence-corrected chi connectivity index (χ1v) is 12.1. The molecule has 0 aliphatic rings. The molecule has 3 rings (SSSR count). The molecule has 0 fully saturated rings. The quantitative estimate of drug-likeness (QED) is 0.144. The maximum absolute atomic E-state index is 13.1. The molecule has 0 saturated heterocycles. The topological polar surface area (TPSA) is 129 Å². The van der Waals surface area contributed by atoms with Gasteiger partial charge in [-0.3, -0.25) is 4.79 Å². The summed E-state index contributed by atoms with van der Waals surface area (Å²) in [6.45, 7) is 2.19. The predicted molar refractivity (Wildman–Crippen MR) is 141 cm³/mol. The van der Waals surface area contributed by atoms with Gasteiger partial charge >= 0.3 is 5.97 Å². The minimum Gasteiger partial charge on any atom is -0.493 e. The number of carbonyl (C=O) groups is 2. The number of halogens is 1. The van der Waals surface area contributed by atoms with E-state index in [1.54, 1.807) is 31.2 Å². The molecule has 0 bridgehead atoms. The van der Waals surface area contributed by atoms with Crippen LogP contribution in [0.3, 0.4) is 0 Å². The van der Waals surface area contributed by atoms with E-state index in [4.69, 9.17) is 28.1 Å². The minimum atomic E-state index is -0.713. The number of ether oxygens (including phenoxy) is 5. The van der Waals surface area contributed by atoms with Crippen LogP contribution < -0.4 is 29.0 Å². The molecule has 0 unspecified atom stereocenters. The SMILES string of the molecule is CCOc1cc(/C=C(\C#N)C(=O)NCc2ccco2)ccc1OC(=O)c1cc(OC)c(OC)c(OC)c1Br. The number of amides is 1. The molecule has 0 spiro atoms. The molecule has 0 aliphatic carbocycles. The zero-order valence-electron chi connectivity index (χ0n) is 21.1. The molecule has 1 heterocycles. The van der Waals surface area contributed by atoms with Gasteiger partial charge in [0.25, 0.3) is 5.91 Å². The summed E-state index contributed by atoms with van der Waals surface area (Å²) in [4.78, 5) is 25.6. The minimum absolute atomic E-state index is 0.120.